The highest BCUT2D eigenvalue weighted by Crippen LogP contribution is 2.28. The minimum atomic E-state index is -0.871. The molecule has 1 aliphatic heterocycles. The number of carbonyl (C=O) groups is 3. The van der Waals surface area contributed by atoms with E-state index in [1.807, 2.05) is 19.1 Å². The third kappa shape index (κ3) is 5.65. The van der Waals surface area contributed by atoms with Crippen molar-refractivity contribution in [1.29, 1.82) is 0 Å². The number of carbonyl (C=O) groups excluding carboxylic acids is 3. The quantitative estimate of drug-likeness (QED) is 0.590. The molecule has 1 atom stereocenters. The van der Waals surface area contributed by atoms with Gasteiger partial charge < -0.3 is 29.3 Å². The van der Waals surface area contributed by atoms with Crippen molar-refractivity contribution in [2.45, 2.75) is 26.3 Å². The van der Waals surface area contributed by atoms with E-state index in [0.29, 0.717) is 11.5 Å². The molecule has 0 bridgehead atoms. The summed E-state index contributed by atoms with van der Waals surface area (Å²) < 4.78 is 21.1. The molecular formula is C22H24N2O7. The Hall–Kier alpha value is -3.75. The lowest BCUT2D eigenvalue weighted by atomic mass is 10.0. The average molecular weight is 428 g/mol. The molecule has 2 amide bonds. The van der Waals surface area contributed by atoms with Crippen molar-refractivity contribution in [2.75, 3.05) is 19.8 Å². The summed E-state index contributed by atoms with van der Waals surface area (Å²) in [6.45, 7) is 3.19. The van der Waals surface area contributed by atoms with Crippen molar-refractivity contribution in [3.05, 3.63) is 65.3 Å². The average Bonchev–Trinajstić information content (AvgIpc) is 3.31. The molecule has 0 saturated heterocycles. The predicted octanol–water partition coefficient (Wildman–Crippen LogP) is 2.64. The third-order valence-electron chi connectivity index (χ3n) is 4.54. The summed E-state index contributed by atoms with van der Waals surface area (Å²) in [5.41, 5.74) is 1.37. The van der Waals surface area contributed by atoms with Gasteiger partial charge in [-0.3, -0.25) is 0 Å². The smallest absolute Gasteiger partial charge is 0.344 e. The summed E-state index contributed by atoms with van der Waals surface area (Å²) in [6, 6.07) is 9.20. The van der Waals surface area contributed by atoms with Crippen LogP contribution >= 0.6 is 0 Å². The van der Waals surface area contributed by atoms with Crippen LogP contribution in [0.25, 0.3) is 0 Å². The zero-order valence-corrected chi connectivity index (χ0v) is 17.3. The summed E-state index contributed by atoms with van der Waals surface area (Å²) in [5.74, 6) is -0.429. The number of amides is 2. The van der Waals surface area contributed by atoms with Gasteiger partial charge in [-0.1, -0.05) is 19.1 Å². The third-order valence-corrected chi connectivity index (χ3v) is 4.54. The molecule has 1 unspecified atom stereocenters. The van der Waals surface area contributed by atoms with Crippen molar-refractivity contribution in [3.63, 3.8) is 0 Å². The highest BCUT2D eigenvalue weighted by atomic mass is 16.6. The molecule has 2 N–H and O–H groups in total. The summed E-state index contributed by atoms with van der Waals surface area (Å²) in [5, 5.41) is 5.12. The van der Waals surface area contributed by atoms with E-state index >= 15 is 0 Å². The second-order valence-corrected chi connectivity index (χ2v) is 6.61. The van der Waals surface area contributed by atoms with Gasteiger partial charge in [0, 0.05) is 0 Å². The summed E-state index contributed by atoms with van der Waals surface area (Å²) in [6.07, 6.45) is 2.33. The van der Waals surface area contributed by atoms with Gasteiger partial charge in [-0.2, -0.15) is 0 Å². The number of nitrogens with one attached hydrogen (secondary N) is 2. The molecule has 31 heavy (non-hydrogen) atoms. The summed E-state index contributed by atoms with van der Waals surface area (Å²) in [4.78, 5) is 36.8. The highest BCUT2D eigenvalue weighted by Gasteiger charge is 2.35. The molecule has 9 heteroatoms. The number of ether oxygens (including phenoxy) is 3. The van der Waals surface area contributed by atoms with Gasteiger partial charge in [-0.25, -0.2) is 14.4 Å². The lowest BCUT2D eigenvalue weighted by Crippen LogP contribution is -2.47. The molecule has 0 saturated carbocycles. The van der Waals surface area contributed by atoms with Gasteiger partial charge in [0.25, 0.3) is 0 Å². The Labute approximate surface area is 179 Å². The Morgan fingerprint density at radius 1 is 1.10 bits per heavy atom. The van der Waals surface area contributed by atoms with E-state index in [4.69, 9.17) is 18.6 Å². The van der Waals surface area contributed by atoms with Crippen molar-refractivity contribution in [3.8, 4) is 5.75 Å². The van der Waals surface area contributed by atoms with Gasteiger partial charge in [0.15, 0.2) is 6.61 Å². The van der Waals surface area contributed by atoms with Crippen LogP contribution in [0.5, 0.6) is 5.75 Å². The molecule has 9 nitrogen and oxygen atoms in total. The Bertz CT molecular complexity index is 949. The standard InChI is InChI=1S/C22H24N2O7/c1-3-14-7-9-15(10-8-14)30-13-18(25)31-12-16-19(21(26)28-4-2)20(24-22(27)23-16)17-6-5-11-29-17/h5-11,20H,3-4,12-13H2,1-2H3,(H2,23,24,27). The van der Waals surface area contributed by atoms with E-state index in [1.165, 1.54) is 6.26 Å². The fraction of sp³-hybridized carbons (Fsp3) is 0.318. The van der Waals surface area contributed by atoms with Crippen LogP contribution in [0.3, 0.4) is 0 Å². The molecule has 1 aromatic heterocycles. The largest absolute Gasteiger partial charge is 0.482 e. The molecule has 1 aliphatic rings. The van der Waals surface area contributed by atoms with Crippen LogP contribution in [0.15, 0.2) is 58.3 Å². The molecule has 164 valence electrons. The number of furan rings is 1. The SMILES string of the molecule is CCOC(=O)C1=C(COC(=O)COc2ccc(CC)cc2)NC(=O)NC1c1ccco1. The van der Waals surface area contributed by atoms with Gasteiger partial charge in [-0.05, 0) is 43.2 Å². The molecular weight excluding hydrogens is 404 g/mol. The highest BCUT2D eigenvalue weighted by molar-refractivity contribution is 5.95. The number of aryl methyl sites for hydroxylation is 1. The Morgan fingerprint density at radius 3 is 2.52 bits per heavy atom. The van der Waals surface area contributed by atoms with Crippen LogP contribution in [-0.4, -0.2) is 37.8 Å². The fourth-order valence-corrected chi connectivity index (χ4v) is 3.01. The summed E-state index contributed by atoms with van der Waals surface area (Å²) in [7, 11) is 0. The van der Waals surface area contributed by atoms with Gasteiger partial charge >= 0.3 is 18.0 Å². The van der Waals surface area contributed by atoms with E-state index in [9.17, 15) is 14.4 Å². The summed E-state index contributed by atoms with van der Waals surface area (Å²) >= 11 is 0. The maximum Gasteiger partial charge on any atom is 0.344 e. The second-order valence-electron chi connectivity index (χ2n) is 6.61. The lowest BCUT2D eigenvalue weighted by Gasteiger charge is -2.27. The second kappa shape index (κ2) is 10.3. The number of urea groups is 1. The number of benzene rings is 1. The first-order valence-corrected chi connectivity index (χ1v) is 9.90. The molecule has 3 rings (SSSR count). The molecule has 0 radical (unpaired) electrons. The van der Waals surface area contributed by atoms with Crippen LogP contribution in [0, 0.1) is 0 Å². The van der Waals surface area contributed by atoms with Crippen molar-refractivity contribution < 1.29 is 33.0 Å². The minimum Gasteiger partial charge on any atom is -0.482 e. The van der Waals surface area contributed by atoms with Crippen molar-refractivity contribution >= 4 is 18.0 Å². The normalized spacial score (nSPS) is 15.7. The van der Waals surface area contributed by atoms with Crippen molar-refractivity contribution in [2.24, 2.45) is 0 Å². The van der Waals surface area contributed by atoms with Gasteiger partial charge in [0.2, 0.25) is 0 Å². The Morgan fingerprint density at radius 2 is 1.87 bits per heavy atom. The van der Waals surface area contributed by atoms with Crippen LogP contribution in [-0.2, 0) is 25.5 Å². The molecule has 0 aliphatic carbocycles. The van der Waals surface area contributed by atoms with Crippen molar-refractivity contribution in [1.82, 2.24) is 10.6 Å². The molecule has 2 aromatic rings. The molecule has 1 aromatic carbocycles. The molecule has 2 heterocycles. The van der Waals surface area contributed by atoms with E-state index in [0.717, 1.165) is 12.0 Å². The van der Waals surface area contributed by atoms with Gasteiger partial charge in [0.1, 0.15) is 24.2 Å². The first-order valence-electron chi connectivity index (χ1n) is 9.90. The lowest BCUT2D eigenvalue weighted by molar-refractivity contribution is -0.145. The maximum atomic E-state index is 12.6. The number of rotatable bonds is 9. The van der Waals surface area contributed by atoms with Gasteiger partial charge in [-0.15, -0.1) is 0 Å². The number of hydrogen-bond donors (Lipinski definition) is 2. The van der Waals surface area contributed by atoms with Crippen LogP contribution in [0.4, 0.5) is 4.79 Å². The van der Waals surface area contributed by atoms with Crippen LogP contribution in [0.2, 0.25) is 0 Å². The number of esters is 2. The number of hydrogen-bond acceptors (Lipinski definition) is 7. The Kier molecular flexibility index (Phi) is 7.31. The van der Waals surface area contributed by atoms with E-state index < -0.39 is 24.0 Å². The van der Waals surface area contributed by atoms with Crippen LogP contribution < -0.4 is 15.4 Å². The minimum absolute atomic E-state index is 0.0975. The predicted molar refractivity (Wildman–Crippen MR) is 109 cm³/mol. The monoisotopic (exact) mass is 428 g/mol. The molecule has 0 fully saturated rings. The van der Waals surface area contributed by atoms with Gasteiger partial charge in [0.05, 0.1) is 24.1 Å². The topological polar surface area (TPSA) is 116 Å². The zero-order valence-electron chi connectivity index (χ0n) is 17.3. The first kappa shape index (κ1) is 21.9. The zero-order chi connectivity index (χ0) is 22.2. The Balaban J connectivity index is 1.69. The fourth-order valence-electron chi connectivity index (χ4n) is 3.01. The van der Waals surface area contributed by atoms with Crippen LogP contribution in [0.1, 0.15) is 31.2 Å². The molecule has 0 spiro atoms. The first-order chi connectivity index (χ1) is 15.0. The van der Waals surface area contributed by atoms with E-state index in [1.54, 1.807) is 31.2 Å². The maximum absolute atomic E-state index is 12.6. The van der Waals surface area contributed by atoms with E-state index in [2.05, 4.69) is 10.6 Å². The van der Waals surface area contributed by atoms with E-state index in [-0.39, 0.29) is 31.1 Å².